The van der Waals surface area contributed by atoms with Crippen LogP contribution in [0.4, 0.5) is 0 Å². The summed E-state index contributed by atoms with van der Waals surface area (Å²) in [7, 11) is 0. The first-order valence-corrected chi connectivity index (χ1v) is 8.82. The van der Waals surface area contributed by atoms with E-state index in [1.165, 1.54) is 0 Å². The SMILES string of the molecule is O=C(N/N=C\c1cccc(Oc2ccccc2)c1)[C@H]1COc2ccccc2O1. The molecule has 0 aliphatic carbocycles. The molecule has 3 aromatic rings. The molecule has 0 saturated heterocycles. The first-order valence-electron chi connectivity index (χ1n) is 8.82. The maximum Gasteiger partial charge on any atom is 0.284 e. The number of fused-ring (bicyclic) bond motifs is 1. The van der Waals surface area contributed by atoms with Gasteiger partial charge in [-0.15, -0.1) is 0 Å². The third-order valence-electron chi connectivity index (χ3n) is 4.03. The van der Waals surface area contributed by atoms with Crippen LogP contribution in [0.25, 0.3) is 0 Å². The van der Waals surface area contributed by atoms with Crippen molar-refractivity contribution in [1.29, 1.82) is 0 Å². The van der Waals surface area contributed by atoms with E-state index in [1.54, 1.807) is 18.3 Å². The minimum absolute atomic E-state index is 0.138. The number of nitrogens with zero attached hydrogens (tertiary/aromatic N) is 1. The Morgan fingerprint density at radius 1 is 0.964 bits per heavy atom. The molecule has 1 amide bonds. The Hall–Kier alpha value is -3.80. The van der Waals surface area contributed by atoms with Crippen molar-refractivity contribution in [2.24, 2.45) is 5.10 Å². The molecule has 1 aliphatic heterocycles. The van der Waals surface area contributed by atoms with Crippen molar-refractivity contribution in [3.63, 3.8) is 0 Å². The summed E-state index contributed by atoms with van der Waals surface area (Å²) in [5, 5.41) is 4.01. The number of rotatable bonds is 5. The second-order valence-electron chi connectivity index (χ2n) is 6.09. The molecule has 0 aromatic heterocycles. The third kappa shape index (κ3) is 4.29. The minimum Gasteiger partial charge on any atom is -0.485 e. The van der Waals surface area contributed by atoms with Crippen molar-refractivity contribution in [1.82, 2.24) is 5.43 Å². The summed E-state index contributed by atoms with van der Waals surface area (Å²) in [6.45, 7) is 0.138. The molecule has 3 aromatic carbocycles. The number of carbonyl (C=O) groups excluding carboxylic acids is 1. The first kappa shape index (κ1) is 17.6. The van der Waals surface area contributed by atoms with E-state index in [4.69, 9.17) is 14.2 Å². The van der Waals surface area contributed by atoms with Crippen LogP contribution < -0.4 is 19.6 Å². The molecule has 1 N–H and O–H groups in total. The van der Waals surface area contributed by atoms with Gasteiger partial charge in [0, 0.05) is 0 Å². The Kier molecular flexibility index (Phi) is 5.20. The van der Waals surface area contributed by atoms with Crippen LogP contribution in [0.3, 0.4) is 0 Å². The zero-order valence-corrected chi connectivity index (χ0v) is 14.9. The lowest BCUT2D eigenvalue weighted by Crippen LogP contribution is -2.42. The number of amides is 1. The number of hydrazone groups is 1. The molecule has 0 fully saturated rings. The second-order valence-corrected chi connectivity index (χ2v) is 6.09. The van der Waals surface area contributed by atoms with Crippen molar-refractivity contribution in [2.75, 3.05) is 6.61 Å². The van der Waals surface area contributed by atoms with Crippen LogP contribution in [0.5, 0.6) is 23.0 Å². The van der Waals surface area contributed by atoms with Gasteiger partial charge in [-0.1, -0.05) is 42.5 Å². The largest absolute Gasteiger partial charge is 0.485 e. The van der Waals surface area contributed by atoms with E-state index in [0.717, 1.165) is 11.3 Å². The third-order valence-corrected chi connectivity index (χ3v) is 4.03. The Bertz CT molecular complexity index is 989. The number of carbonyl (C=O) groups is 1. The maximum atomic E-state index is 12.3. The molecule has 0 spiro atoms. The van der Waals surface area contributed by atoms with Crippen LogP contribution in [0.15, 0.2) is 84.0 Å². The van der Waals surface area contributed by atoms with Gasteiger partial charge in [-0.2, -0.15) is 5.10 Å². The van der Waals surface area contributed by atoms with Crippen molar-refractivity contribution >= 4 is 12.1 Å². The predicted octanol–water partition coefficient (Wildman–Crippen LogP) is 3.77. The predicted molar refractivity (Wildman–Crippen MR) is 105 cm³/mol. The van der Waals surface area contributed by atoms with Gasteiger partial charge in [0.05, 0.1) is 6.21 Å². The standard InChI is InChI=1S/C22H18N2O4/c25-22(21-15-26-19-11-4-5-12-20(19)28-21)24-23-14-16-7-6-10-18(13-16)27-17-8-2-1-3-9-17/h1-14,21H,15H2,(H,24,25)/b23-14-/t21-/m1/s1. The summed E-state index contributed by atoms with van der Waals surface area (Å²) in [5.41, 5.74) is 3.28. The fourth-order valence-corrected chi connectivity index (χ4v) is 2.67. The van der Waals surface area contributed by atoms with Gasteiger partial charge < -0.3 is 14.2 Å². The van der Waals surface area contributed by atoms with Gasteiger partial charge in [-0.25, -0.2) is 5.43 Å². The van der Waals surface area contributed by atoms with Gasteiger partial charge in [0.2, 0.25) is 6.10 Å². The fourth-order valence-electron chi connectivity index (χ4n) is 2.67. The highest BCUT2D eigenvalue weighted by atomic mass is 16.6. The number of ether oxygens (including phenoxy) is 3. The van der Waals surface area contributed by atoms with Gasteiger partial charge in [-0.3, -0.25) is 4.79 Å². The summed E-state index contributed by atoms with van der Waals surface area (Å²) in [6.07, 6.45) is 0.799. The Labute approximate surface area is 162 Å². The van der Waals surface area contributed by atoms with E-state index in [9.17, 15) is 4.79 Å². The highest BCUT2D eigenvalue weighted by Crippen LogP contribution is 2.30. The van der Waals surface area contributed by atoms with E-state index in [-0.39, 0.29) is 12.5 Å². The Morgan fingerprint density at radius 2 is 1.71 bits per heavy atom. The van der Waals surface area contributed by atoms with Gasteiger partial charge in [0.15, 0.2) is 11.5 Å². The van der Waals surface area contributed by atoms with E-state index in [2.05, 4.69) is 10.5 Å². The molecule has 140 valence electrons. The number of hydrogen-bond acceptors (Lipinski definition) is 5. The summed E-state index contributed by atoms with van der Waals surface area (Å²) in [5.74, 6) is 2.23. The Balaban J connectivity index is 1.35. The van der Waals surface area contributed by atoms with Crippen LogP contribution >= 0.6 is 0 Å². The topological polar surface area (TPSA) is 69.2 Å². The smallest absolute Gasteiger partial charge is 0.284 e. The van der Waals surface area contributed by atoms with E-state index >= 15 is 0 Å². The normalized spacial score (nSPS) is 15.2. The summed E-state index contributed by atoms with van der Waals surface area (Å²) >= 11 is 0. The number of para-hydroxylation sites is 3. The van der Waals surface area contributed by atoms with E-state index < -0.39 is 6.10 Å². The zero-order chi connectivity index (χ0) is 19.2. The van der Waals surface area contributed by atoms with Crippen LogP contribution in [0.1, 0.15) is 5.56 Å². The molecular formula is C22H18N2O4. The number of nitrogens with one attached hydrogen (secondary N) is 1. The molecule has 1 heterocycles. The van der Waals surface area contributed by atoms with Crippen molar-refractivity contribution in [2.45, 2.75) is 6.10 Å². The average Bonchev–Trinajstić information content (AvgIpc) is 2.74. The molecule has 6 nitrogen and oxygen atoms in total. The highest BCUT2D eigenvalue weighted by molar-refractivity contribution is 5.85. The molecule has 1 atom stereocenters. The highest BCUT2D eigenvalue weighted by Gasteiger charge is 2.26. The Morgan fingerprint density at radius 3 is 2.57 bits per heavy atom. The molecule has 4 rings (SSSR count). The van der Waals surface area contributed by atoms with Gasteiger partial charge >= 0.3 is 0 Å². The average molecular weight is 374 g/mol. The van der Waals surface area contributed by atoms with Crippen LogP contribution in [0.2, 0.25) is 0 Å². The number of benzene rings is 3. The molecule has 28 heavy (non-hydrogen) atoms. The lowest BCUT2D eigenvalue weighted by atomic mass is 10.2. The minimum atomic E-state index is -0.750. The van der Waals surface area contributed by atoms with Crippen molar-refractivity contribution < 1.29 is 19.0 Å². The quantitative estimate of drug-likeness (QED) is 0.545. The monoisotopic (exact) mass is 374 g/mol. The molecule has 6 heteroatoms. The molecule has 0 radical (unpaired) electrons. The van der Waals surface area contributed by atoms with Crippen molar-refractivity contribution in [3.8, 4) is 23.0 Å². The first-order chi connectivity index (χ1) is 13.8. The van der Waals surface area contributed by atoms with E-state index in [1.807, 2.05) is 66.7 Å². The van der Waals surface area contributed by atoms with Gasteiger partial charge in [0.1, 0.15) is 18.1 Å². The van der Waals surface area contributed by atoms with E-state index in [0.29, 0.717) is 17.2 Å². The lowest BCUT2D eigenvalue weighted by Gasteiger charge is -2.24. The summed E-state index contributed by atoms with van der Waals surface area (Å²) < 4.78 is 17.0. The molecule has 0 unspecified atom stereocenters. The molecular weight excluding hydrogens is 356 g/mol. The van der Waals surface area contributed by atoms with Gasteiger partial charge in [-0.05, 0) is 42.0 Å². The molecule has 0 bridgehead atoms. The maximum absolute atomic E-state index is 12.3. The lowest BCUT2D eigenvalue weighted by molar-refractivity contribution is -0.130. The summed E-state index contributed by atoms with van der Waals surface area (Å²) in [6, 6.07) is 24.1. The van der Waals surface area contributed by atoms with Crippen LogP contribution in [-0.2, 0) is 4.79 Å². The molecule has 1 aliphatic rings. The molecule has 0 saturated carbocycles. The summed E-state index contributed by atoms with van der Waals surface area (Å²) in [4.78, 5) is 12.3. The van der Waals surface area contributed by atoms with Crippen LogP contribution in [0, 0.1) is 0 Å². The van der Waals surface area contributed by atoms with Gasteiger partial charge in [0.25, 0.3) is 5.91 Å². The second kappa shape index (κ2) is 8.26. The fraction of sp³-hybridized carbons (Fsp3) is 0.0909. The van der Waals surface area contributed by atoms with Crippen molar-refractivity contribution in [3.05, 3.63) is 84.4 Å². The van der Waals surface area contributed by atoms with Crippen LogP contribution in [-0.4, -0.2) is 24.8 Å². The zero-order valence-electron chi connectivity index (χ0n) is 14.9. The number of hydrogen-bond donors (Lipinski definition) is 1.